The third-order valence-corrected chi connectivity index (χ3v) is 5.46. The fourth-order valence-corrected chi connectivity index (χ4v) is 4.12. The molecule has 21 heavy (non-hydrogen) atoms. The van der Waals surface area contributed by atoms with E-state index in [9.17, 15) is 4.79 Å². The largest absolute Gasteiger partial charge is 0.341 e. The van der Waals surface area contributed by atoms with E-state index in [0.29, 0.717) is 23.9 Å². The van der Waals surface area contributed by atoms with Crippen LogP contribution in [0.4, 0.5) is 0 Å². The van der Waals surface area contributed by atoms with Crippen molar-refractivity contribution in [1.29, 1.82) is 0 Å². The molecule has 0 aromatic heterocycles. The standard InChI is InChI=1S/C17H33N3O/c1-5-19(12-16-8-10-18-11-9-16)17(21)15(4)20-13(2)6-7-14(20)3/h13-16,18H,5-12H2,1-4H3. The lowest BCUT2D eigenvalue weighted by Crippen LogP contribution is -2.51. The van der Waals surface area contributed by atoms with E-state index in [2.05, 4.69) is 42.8 Å². The molecule has 0 bridgehead atoms. The van der Waals surface area contributed by atoms with Crippen LogP contribution in [0.15, 0.2) is 0 Å². The van der Waals surface area contributed by atoms with Crippen LogP contribution >= 0.6 is 0 Å². The van der Waals surface area contributed by atoms with Crippen LogP contribution < -0.4 is 5.32 Å². The SMILES string of the molecule is CCN(CC1CCNCC1)C(=O)C(C)N1C(C)CCC1C. The van der Waals surface area contributed by atoms with Gasteiger partial charge in [0.05, 0.1) is 6.04 Å². The van der Waals surface area contributed by atoms with Crippen LogP contribution in [0.3, 0.4) is 0 Å². The van der Waals surface area contributed by atoms with Gasteiger partial charge < -0.3 is 10.2 Å². The van der Waals surface area contributed by atoms with Crippen molar-refractivity contribution in [2.45, 2.75) is 71.5 Å². The number of hydrogen-bond acceptors (Lipinski definition) is 3. The predicted octanol–water partition coefficient (Wildman–Crippen LogP) is 2.10. The second-order valence-corrected chi connectivity index (χ2v) is 6.97. The van der Waals surface area contributed by atoms with Gasteiger partial charge in [-0.05, 0) is 72.4 Å². The van der Waals surface area contributed by atoms with Crippen molar-refractivity contribution in [1.82, 2.24) is 15.1 Å². The number of nitrogens with one attached hydrogen (secondary N) is 1. The van der Waals surface area contributed by atoms with Gasteiger partial charge in [-0.25, -0.2) is 0 Å². The molecular weight excluding hydrogens is 262 g/mol. The number of rotatable bonds is 5. The summed E-state index contributed by atoms with van der Waals surface area (Å²) in [6.45, 7) is 12.7. The molecule has 2 saturated heterocycles. The first-order valence-corrected chi connectivity index (χ1v) is 8.81. The lowest BCUT2D eigenvalue weighted by molar-refractivity contribution is -0.138. The molecule has 0 spiro atoms. The number of amides is 1. The van der Waals surface area contributed by atoms with Crippen molar-refractivity contribution in [2.75, 3.05) is 26.2 Å². The number of nitrogens with zero attached hydrogens (tertiary/aromatic N) is 2. The van der Waals surface area contributed by atoms with Crippen molar-refractivity contribution in [3.8, 4) is 0 Å². The summed E-state index contributed by atoms with van der Waals surface area (Å²) >= 11 is 0. The minimum atomic E-state index is 0.0270. The van der Waals surface area contributed by atoms with Gasteiger partial charge in [0, 0.05) is 25.2 Å². The molecule has 4 nitrogen and oxygen atoms in total. The van der Waals surface area contributed by atoms with E-state index in [1.54, 1.807) is 0 Å². The van der Waals surface area contributed by atoms with Crippen LogP contribution in [0, 0.1) is 5.92 Å². The summed E-state index contributed by atoms with van der Waals surface area (Å²) in [4.78, 5) is 17.4. The van der Waals surface area contributed by atoms with Crippen LogP contribution in [0.1, 0.15) is 53.4 Å². The Morgan fingerprint density at radius 3 is 2.29 bits per heavy atom. The molecule has 2 aliphatic heterocycles. The first-order chi connectivity index (χ1) is 10.0. The van der Waals surface area contributed by atoms with Gasteiger partial charge in [-0.3, -0.25) is 9.69 Å². The average molecular weight is 295 g/mol. The Kier molecular flexibility index (Phi) is 6.06. The minimum absolute atomic E-state index is 0.0270. The fourth-order valence-electron chi connectivity index (χ4n) is 4.12. The van der Waals surface area contributed by atoms with Crippen LogP contribution in [-0.2, 0) is 4.79 Å². The Balaban J connectivity index is 1.94. The monoisotopic (exact) mass is 295 g/mol. The fraction of sp³-hybridized carbons (Fsp3) is 0.941. The first kappa shape index (κ1) is 16.8. The van der Waals surface area contributed by atoms with Gasteiger partial charge in [0.15, 0.2) is 0 Å². The van der Waals surface area contributed by atoms with E-state index in [0.717, 1.165) is 26.2 Å². The second kappa shape index (κ2) is 7.59. The Morgan fingerprint density at radius 1 is 1.19 bits per heavy atom. The highest BCUT2D eigenvalue weighted by atomic mass is 16.2. The van der Waals surface area contributed by atoms with E-state index in [4.69, 9.17) is 0 Å². The Morgan fingerprint density at radius 2 is 1.76 bits per heavy atom. The molecule has 2 rings (SSSR count). The van der Waals surface area contributed by atoms with Gasteiger partial charge in [-0.1, -0.05) is 0 Å². The number of likely N-dealkylation sites (tertiary alicyclic amines) is 1. The second-order valence-electron chi connectivity index (χ2n) is 6.97. The van der Waals surface area contributed by atoms with Crippen LogP contribution in [0.25, 0.3) is 0 Å². The molecule has 4 heteroatoms. The van der Waals surface area contributed by atoms with Crippen molar-refractivity contribution >= 4 is 5.91 Å². The van der Waals surface area contributed by atoms with Gasteiger partial charge in [0.2, 0.25) is 5.91 Å². The first-order valence-electron chi connectivity index (χ1n) is 8.81. The highest BCUT2D eigenvalue weighted by Crippen LogP contribution is 2.27. The quantitative estimate of drug-likeness (QED) is 0.843. The molecular formula is C17H33N3O. The molecule has 0 aromatic rings. The zero-order valence-corrected chi connectivity index (χ0v) is 14.3. The van der Waals surface area contributed by atoms with E-state index < -0.39 is 0 Å². The molecule has 122 valence electrons. The number of carbonyl (C=O) groups is 1. The Hall–Kier alpha value is -0.610. The predicted molar refractivity (Wildman–Crippen MR) is 87.3 cm³/mol. The van der Waals surface area contributed by atoms with E-state index in [1.165, 1.54) is 25.7 Å². The average Bonchev–Trinajstić information content (AvgIpc) is 2.83. The molecule has 2 fully saturated rings. The molecule has 2 aliphatic rings. The van der Waals surface area contributed by atoms with Crippen molar-refractivity contribution in [3.05, 3.63) is 0 Å². The maximum atomic E-state index is 12.9. The highest BCUT2D eigenvalue weighted by Gasteiger charge is 2.36. The number of piperidine rings is 1. The van der Waals surface area contributed by atoms with Gasteiger partial charge in [-0.15, -0.1) is 0 Å². The Bertz CT molecular complexity index is 331. The summed E-state index contributed by atoms with van der Waals surface area (Å²) in [5.74, 6) is 1.01. The molecule has 0 aliphatic carbocycles. The van der Waals surface area contributed by atoms with Crippen molar-refractivity contribution in [2.24, 2.45) is 5.92 Å². The van der Waals surface area contributed by atoms with Crippen LogP contribution in [0.5, 0.6) is 0 Å². The lowest BCUT2D eigenvalue weighted by atomic mass is 9.97. The van der Waals surface area contributed by atoms with Crippen molar-refractivity contribution < 1.29 is 4.79 Å². The smallest absolute Gasteiger partial charge is 0.239 e. The van der Waals surface area contributed by atoms with Gasteiger partial charge in [0.1, 0.15) is 0 Å². The third kappa shape index (κ3) is 3.98. The maximum absolute atomic E-state index is 12.9. The van der Waals surface area contributed by atoms with E-state index in [1.807, 2.05) is 0 Å². The van der Waals surface area contributed by atoms with Crippen LogP contribution in [-0.4, -0.2) is 60.0 Å². The summed E-state index contributed by atoms with van der Waals surface area (Å²) in [5, 5.41) is 3.40. The minimum Gasteiger partial charge on any atom is -0.341 e. The molecule has 1 N–H and O–H groups in total. The molecule has 2 heterocycles. The van der Waals surface area contributed by atoms with Crippen LogP contribution in [0.2, 0.25) is 0 Å². The molecule has 0 radical (unpaired) electrons. The summed E-state index contributed by atoms with van der Waals surface area (Å²) in [6.07, 6.45) is 4.85. The summed E-state index contributed by atoms with van der Waals surface area (Å²) in [5.41, 5.74) is 0. The Labute approximate surface area is 130 Å². The molecule has 0 aromatic carbocycles. The molecule has 0 saturated carbocycles. The molecule has 3 unspecified atom stereocenters. The number of carbonyl (C=O) groups excluding carboxylic acids is 1. The highest BCUT2D eigenvalue weighted by molar-refractivity contribution is 5.81. The van der Waals surface area contributed by atoms with Gasteiger partial charge in [0.25, 0.3) is 0 Å². The summed E-state index contributed by atoms with van der Waals surface area (Å²) in [7, 11) is 0. The number of likely N-dealkylation sites (N-methyl/N-ethyl adjacent to an activating group) is 1. The topological polar surface area (TPSA) is 35.6 Å². The van der Waals surface area contributed by atoms with E-state index >= 15 is 0 Å². The lowest BCUT2D eigenvalue weighted by Gasteiger charge is -2.36. The third-order valence-electron chi connectivity index (χ3n) is 5.46. The van der Waals surface area contributed by atoms with E-state index in [-0.39, 0.29) is 6.04 Å². The maximum Gasteiger partial charge on any atom is 0.239 e. The van der Waals surface area contributed by atoms with Crippen molar-refractivity contribution in [3.63, 3.8) is 0 Å². The van der Waals surface area contributed by atoms with Gasteiger partial charge in [-0.2, -0.15) is 0 Å². The van der Waals surface area contributed by atoms with Gasteiger partial charge >= 0.3 is 0 Å². The summed E-state index contributed by atoms with van der Waals surface area (Å²) < 4.78 is 0. The molecule has 3 atom stereocenters. The summed E-state index contributed by atoms with van der Waals surface area (Å²) in [6, 6.07) is 1.10. The number of hydrogen-bond donors (Lipinski definition) is 1. The normalized spacial score (nSPS) is 29.5. The molecule has 1 amide bonds. The zero-order valence-electron chi connectivity index (χ0n) is 14.3. The zero-order chi connectivity index (χ0) is 15.4.